The van der Waals surface area contributed by atoms with E-state index in [-0.39, 0.29) is 65.7 Å². The molecule has 0 atom stereocenters. The summed E-state index contributed by atoms with van der Waals surface area (Å²) in [5.74, 6) is -5.81. The number of hydrogen-bond acceptors (Lipinski definition) is 20. The topological polar surface area (TPSA) is 235 Å². The maximum absolute atomic E-state index is 12.0. The summed E-state index contributed by atoms with van der Waals surface area (Å²) in [6.07, 6.45) is 0. The highest BCUT2D eigenvalue weighted by atomic mass is 16.7. The fourth-order valence-corrected chi connectivity index (χ4v) is 2.76. The third-order valence-electron chi connectivity index (χ3n) is 4.81. The normalized spacial score (nSPS) is 10.5. The van der Waals surface area contributed by atoms with Gasteiger partial charge in [-0.2, -0.15) is 0 Å². The number of hydrogen-bond donors (Lipinski definition) is 0. The first-order valence-corrected chi connectivity index (χ1v) is 13.5. The second kappa shape index (κ2) is 25.9. The van der Waals surface area contributed by atoms with Crippen LogP contribution in [0.2, 0.25) is 0 Å². The molecule has 0 unspecified atom stereocenters. The van der Waals surface area contributed by atoms with Crippen LogP contribution in [-0.2, 0) is 85.7 Å². The minimum Gasteiger partial charge on any atom is -0.428 e. The fraction of sp³-hybridized carbons (Fsp3) is 0.692. The van der Waals surface area contributed by atoms with E-state index in [9.17, 15) is 38.4 Å². The van der Waals surface area contributed by atoms with Gasteiger partial charge >= 0.3 is 47.8 Å². The van der Waals surface area contributed by atoms with E-state index < -0.39 is 74.9 Å². The van der Waals surface area contributed by atoms with Crippen LogP contribution >= 0.6 is 0 Å². The molecular weight excluding hydrogens is 628 g/mol. The van der Waals surface area contributed by atoms with Gasteiger partial charge in [-0.25, -0.2) is 0 Å². The molecule has 0 spiro atoms. The lowest BCUT2D eigenvalue weighted by atomic mass is 10.4. The quantitative estimate of drug-likeness (QED) is 0.0437. The highest BCUT2D eigenvalue weighted by Gasteiger charge is 2.19. The number of rotatable bonds is 25. The van der Waals surface area contributed by atoms with Gasteiger partial charge in [0.1, 0.15) is 0 Å². The fourth-order valence-electron chi connectivity index (χ4n) is 2.76. The van der Waals surface area contributed by atoms with Crippen LogP contribution in [0, 0.1) is 0 Å². The Morgan fingerprint density at radius 2 is 0.609 bits per heavy atom. The molecule has 0 aromatic rings. The maximum Gasteiger partial charge on any atom is 0.323 e. The Bertz CT molecular complexity index is 857. The van der Waals surface area contributed by atoms with Gasteiger partial charge < -0.3 is 47.4 Å². The van der Waals surface area contributed by atoms with Crippen molar-refractivity contribution >= 4 is 47.8 Å². The van der Waals surface area contributed by atoms with Crippen molar-refractivity contribution in [2.45, 2.75) is 27.7 Å². The number of carbonyl (C=O) groups excluding carboxylic acids is 8. The van der Waals surface area contributed by atoms with E-state index in [0.29, 0.717) is 0 Å². The van der Waals surface area contributed by atoms with Gasteiger partial charge in [0.05, 0.1) is 52.6 Å². The first-order chi connectivity index (χ1) is 21.8. The lowest BCUT2D eigenvalue weighted by Crippen LogP contribution is -2.39. The molecule has 0 amide bonds. The lowest BCUT2D eigenvalue weighted by Gasteiger charge is -2.21. The minimum absolute atomic E-state index is 0.0340. The standard InChI is InChI=1S/C26H40N2O18/c1-19(29)39-15-43-23(33)11-27(12-24(34)44-16-40-20(2)30)5-7-37-9-10-38-8-6-28(13-25(35)45-17-41-21(3)31)14-26(36)46-18-42-22(4)32/h5-18H2,1-4H3. The molecule has 0 radical (unpaired) electrons. The van der Waals surface area contributed by atoms with E-state index in [0.717, 1.165) is 27.7 Å². The summed E-state index contributed by atoms with van der Waals surface area (Å²) in [7, 11) is 0. The number of ether oxygens (including phenoxy) is 10. The summed E-state index contributed by atoms with van der Waals surface area (Å²) in [4.78, 5) is 94.1. The molecule has 20 nitrogen and oxygen atoms in total. The van der Waals surface area contributed by atoms with E-state index in [4.69, 9.17) is 28.4 Å². The van der Waals surface area contributed by atoms with Crippen molar-refractivity contribution < 1.29 is 85.7 Å². The predicted octanol–water partition coefficient (Wildman–Crippen LogP) is -2.12. The third kappa shape index (κ3) is 27.2. The van der Waals surface area contributed by atoms with Gasteiger partial charge in [0, 0.05) is 40.8 Å². The molecule has 0 fully saturated rings. The maximum atomic E-state index is 12.0. The highest BCUT2D eigenvalue weighted by molar-refractivity contribution is 5.76. The van der Waals surface area contributed by atoms with Gasteiger partial charge in [0.2, 0.25) is 27.2 Å². The zero-order chi connectivity index (χ0) is 34.7. The van der Waals surface area contributed by atoms with Crippen LogP contribution in [0.3, 0.4) is 0 Å². The second-order valence-corrected chi connectivity index (χ2v) is 8.73. The molecule has 0 heterocycles. The summed E-state index contributed by atoms with van der Waals surface area (Å²) < 4.78 is 48.1. The number of carbonyl (C=O) groups is 8. The van der Waals surface area contributed by atoms with Crippen molar-refractivity contribution in [2.75, 3.05) is 92.9 Å². The van der Waals surface area contributed by atoms with E-state index in [1.54, 1.807) is 0 Å². The van der Waals surface area contributed by atoms with Crippen LogP contribution in [-0.4, -0.2) is 150 Å². The molecule has 0 N–H and O–H groups in total. The van der Waals surface area contributed by atoms with Gasteiger partial charge in [0.25, 0.3) is 0 Å². The molecule has 0 saturated heterocycles. The molecule has 0 aliphatic rings. The van der Waals surface area contributed by atoms with E-state index >= 15 is 0 Å². The van der Waals surface area contributed by atoms with Crippen LogP contribution < -0.4 is 0 Å². The molecule has 0 saturated carbocycles. The van der Waals surface area contributed by atoms with Gasteiger partial charge in [-0.15, -0.1) is 0 Å². The Labute approximate surface area is 264 Å². The van der Waals surface area contributed by atoms with Crippen molar-refractivity contribution in [3.05, 3.63) is 0 Å². The molecule has 0 aromatic carbocycles. The molecule has 262 valence electrons. The van der Waals surface area contributed by atoms with Crippen molar-refractivity contribution in [3.8, 4) is 0 Å². The summed E-state index contributed by atoms with van der Waals surface area (Å²) in [6.45, 7) is 0.943. The van der Waals surface area contributed by atoms with Crippen molar-refractivity contribution in [3.63, 3.8) is 0 Å². The molecule has 46 heavy (non-hydrogen) atoms. The Morgan fingerprint density at radius 1 is 0.370 bits per heavy atom. The molecule has 0 rings (SSSR count). The molecule has 0 aromatic heterocycles. The van der Waals surface area contributed by atoms with Crippen LogP contribution in [0.1, 0.15) is 27.7 Å². The smallest absolute Gasteiger partial charge is 0.323 e. The van der Waals surface area contributed by atoms with E-state index in [2.05, 4.69) is 18.9 Å². The van der Waals surface area contributed by atoms with Crippen LogP contribution in [0.15, 0.2) is 0 Å². The Hall–Kier alpha value is -4.40. The Morgan fingerprint density at radius 3 is 0.826 bits per heavy atom. The SMILES string of the molecule is CC(=O)OCOC(=O)CN(CCOCCOCCN(CC(=O)OCOC(C)=O)CC(=O)OCOC(C)=O)CC(=O)OCOC(C)=O. The van der Waals surface area contributed by atoms with Gasteiger partial charge in [-0.05, 0) is 0 Å². The van der Waals surface area contributed by atoms with Crippen molar-refractivity contribution in [1.82, 2.24) is 9.80 Å². The van der Waals surface area contributed by atoms with Crippen molar-refractivity contribution in [2.24, 2.45) is 0 Å². The molecule has 0 aliphatic heterocycles. The largest absolute Gasteiger partial charge is 0.428 e. The average Bonchev–Trinajstić information content (AvgIpc) is 2.93. The molecule has 20 heteroatoms. The number of nitrogens with zero attached hydrogens (tertiary/aromatic N) is 2. The zero-order valence-corrected chi connectivity index (χ0v) is 26.1. The van der Waals surface area contributed by atoms with E-state index in [1.165, 1.54) is 9.80 Å². The zero-order valence-electron chi connectivity index (χ0n) is 26.1. The minimum atomic E-state index is -0.799. The number of esters is 8. The summed E-state index contributed by atoms with van der Waals surface area (Å²) >= 11 is 0. The van der Waals surface area contributed by atoms with Crippen LogP contribution in [0.25, 0.3) is 0 Å². The van der Waals surface area contributed by atoms with Crippen molar-refractivity contribution in [1.29, 1.82) is 0 Å². The molecule has 0 aliphatic carbocycles. The average molecular weight is 669 g/mol. The summed E-state index contributed by atoms with van der Waals surface area (Å²) in [6, 6.07) is 0. The first kappa shape index (κ1) is 41.6. The van der Waals surface area contributed by atoms with Crippen LogP contribution in [0.4, 0.5) is 0 Å². The van der Waals surface area contributed by atoms with Crippen LogP contribution in [0.5, 0.6) is 0 Å². The third-order valence-corrected chi connectivity index (χ3v) is 4.81. The molecule has 0 bridgehead atoms. The summed E-state index contributed by atoms with van der Waals surface area (Å²) in [5.41, 5.74) is 0. The van der Waals surface area contributed by atoms with Gasteiger partial charge in [0.15, 0.2) is 0 Å². The summed E-state index contributed by atoms with van der Waals surface area (Å²) in [5, 5.41) is 0. The Kier molecular flexibility index (Phi) is 23.4. The van der Waals surface area contributed by atoms with E-state index in [1.807, 2.05) is 0 Å². The lowest BCUT2D eigenvalue weighted by molar-refractivity contribution is -0.171. The first-order valence-electron chi connectivity index (χ1n) is 13.5. The van der Waals surface area contributed by atoms with Gasteiger partial charge in [-0.3, -0.25) is 48.2 Å². The van der Waals surface area contributed by atoms with Gasteiger partial charge in [-0.1, -0.05) is 0 Å². The predicted molar refractivity (Wildman–Crippen MR) is 145 cm³/mol. The molecular formula is C26H40N2O18. The second-order valence-electron chi connectivity index (χ2n) is 8.73. The Balaban J connectivity index is 4.67. The highest BCUT2D eigenvalue weighted by Crippen LogP contribution is 1.97. The monoisotopic (exact) mass is 668 g/mol.